The number of carbonyl (C=O) groups is 1. The van der Waals surface area contributed by atoms with Gasteiger partial charge in [0.05, 0.1) is 16.5 Å². The Morgan fingerprint density at radius 1 is 1.29 bits per heavy atom. The summed E-state index contributed by atoms with van der Waals surface area (Å²) >= 11 is 1.44. The van der Waals surface area contributed by atoms with E-state index in [1.165, 1.54) is 11.8 Å². The first-order valence-electron chi connectivity index (χ1n) is 9.28. The Labute approximate surface area is 168 Å². The van der Waals surface area contributed by atoms with Gasteiger partial charge in [-0.2, -0.15) is 0 Å². The summed E-state index contributed by atoms with van der Waals surface area (Å²) in [5, 5.41) is 12.7. The summed E-state index contributed by atoms with van der Waals surface area (Å²) in [6.45, 7) is 5.50. The lowest BCUT2D eigenvalue weighted by atomic mass is 10.1. The molecule has 1 unspecified atom stereocenters. The average molecular weight is 400 g/mol. The predicted octanol–water partition coefficient (Wildman–Crippen LogP) is 3.62. The number of rotatable bonds is 9. The fourth-order valence-corrected chi connectivity index (χ4v) is 3.92. The summed E-state index contributed by atoms with van der Waals surface area (Å²) in [6, 6.07) is 9.56. The Kier molecular flexibility index (Phi) is 7.00. The van der Waals surface area contributed by atoms with E-state index in [1.54, 1.807) is 19.6 Å². The summed E-state index contributed by atoms with van der Waals surface area (Å²) in [4.78, 5) is 17.4. The number of amides is 1. The number of pyridine rings is 1. The Morgan fingerprint density at radius 2 is 2.14 bits per heavy atom. The molecule has 1 aromatic carbocycles. The van der Waals surface area contributed by atoms with Crippen molar-refractivity contribution in [1.82, 2.24) is 19.7 Å². The first-order valence-corrected chi connectivity index (χ1v) is 10.2. The van der Waals surface area contributed by atoms with Gasteiger partial charge in [0.2, 0.25) is 5.91 Å². The minimum Gasteiger partial charge on any atom is -0.385 e. The molecule has 0 spiro atoms. The van der Waals surface area contributed by atoms with E-state index in [0.717, 1.165) is 34.7 Å². The molecule has 8 heteroatoms. The second kappa shape index (κ2) is 9.66. The number of benzene rings is 1. The van der Waals surface area contributed by atoms with E-state index in [9.17, 15) is 4.79 Å². The van der Waals surface area contributed by atoms with Gasteiger partial charge in [0.15, 0.2) is 5.16 Å². The molecule has 2 heterocycles. The van der Waals surface area contributed by atoms with Gasteiger partial charge < -0.3 is 14.6 Å². The van der Waals surface area contributed by atoms with Crippen LogP contribution in [0.4, 0.5) is 5.69 Å². The molecular formula is C20H25N5O2S. The molecule has 1 amide bonds. The number of nitrogens with zero attached hydrogens (tertiary/aromatic N) is 4. The maximum absolute atomic E-state index is 13.1. The fourth-order valence-electron chi connectivity index (χ4n) is 2.89. The van der Waals surface area contributed by atoms with Crippen molar-refractivity contribution in [2.45, 2.75) is 37.2 Å². The number of anilines is 1. The lowest BCUT2D eigenvalue weighted by Crippen LogP contribution is -2.30. The van der Waals surface area contributed by atoms with E-state index < -0.39 is 0 Å². The molecule has 1 atom stereocenters. The van der Waals surface area contributed by atoms with Gasteiger partial charge in [-0.3, -0.25) is 9.78 Å². The highest BCUT2D eigenvalue weighted by Crippen LogP contribution is 2.29. The van der Waals surface area contributed by atoms with Crippen LogP contribution in [-0.2, 0) is 16.1 Å². The molecular weight excluding hydrogens is 374 g/mol. The van der Waals surface area contributed by atoms with Crippen LogP contribution >= 0.6 is 11.8 Å². The molecule has 3 aromatic rings. The lowest BCUT2D eigenvalue weighted by Gasteiger charge is -2.20. The van der Waals surface area contributed by atoms with Crippen LogP contribution in [0, 0.1) is 5.92 Å². The maximum Gasteiger partial charge on any atom is 0.238 e. The van der Waals surface area contributed by atoms with Crippen molar-refractivity contribution in [1.29, 1.82) is 0 Å². The van der Waals surface area contributed by atoms with Crippen LogP contribution in [0.1, 0.15) is 20.3 Å². The third-order valence-electron chi connectivity index (χ3n) is 4.33. The standard InChI is InChI=1S/C20H25N5O2S/c1-14(2)18(28-20-24-22-13-25(20)11-6-12-27-3)19(26)23-17-9-4-8-16-15(17)7-5-10-21-16/h4-5,7-10,13-14,18H,6,11-12H2,1-3H3,(H,23,26). The van der Waals surface area contributed by atoms with Crippen molar-refractivity contribution in [2.75, 3.05) is 19.0 Å². The van der Waals surface area contributed by atoms with E-state index in [1.807, 2.05) is 48.7 Å². The average Bonchev–Trinajstić information content (AvgIpc) is 3.13. The predicted molar refractivity (Wildman–Crippen MR) is 111 cm³/mol. The summed E-state index contributed by atoms with van der Waals surface area (Å²) in [6.07, 6.45) is 4.31. The quantitative estimate of drug-likeness (QED) is 0.437. The lowest BCUT2D eigenvalue weighted by molar-refractivity contribution is -0.116. The van der Waals surface area contributed by atoms with Crippen molar-refractivity contribution in [3.63, 3.8) is 0 Å². The molecule has 2 aromatic heterocycles. The van der Waals surface area contributed by atoms with Gasteiger partial charge in [0.1, 0.15) is 6.33 Å². The number of aryl methyl sites for hydroxylation is 1. The van der Waals surface area contributed by atoms with Gasteiger partial charge >= 0.3 is 0 Å². The number of aromatic nitrogens is 4. The van der Waals surface area contributed by atoms with Gasteiger partial charge in [-0.15, -0.1) is 10.2 Å². The summed E-state index contributed by atoms with van der Waals surface area (Å²) < 4.78 is 7.08. The highest BCUT2D eigenvalue weighted by Gasteiger charge is 2.26. The van der Waals surface area contributed by atoms with Crippen LogP contribution in [0.2, 0.25) is 0 Å². The van der Waals surface area contributed by atoms with E-state index in [-0.39, 0.29) is 17.1 Å². The molecule has 0 bridgehead atoms. The van der Waals surface area contributed by atoms with Gasteiger partial charge in [0, 0.05) is 31.8 Å². The van der Waals surface area contributed by atoms with Gasteiger partial charge in [-0.05, 0) is 36.6 Å². The van der Waals surface area contributed by atoms with Gasteiger partial charge in [-0.1, -0.05) is 31.7 Å². The zero-order valence-electron chi connectivity index (χ0n) is 16.3. The smallest absolute Gasteiger partial charge is 0.238 e. The highest BCUT2D eigenvalue weighted by atomic mass is 32.2. The number of hydrogen-bond donors (Lipinski definition) is 1. The molecule has 0 radical (unpaired) electrons. The minimum atomic E-state index is -0.294. The molecule has 28 heavy (non-hydrogen) atoms. The molecule has 0 fully saturated rings. The molecule has 0 saturated carbocycles. The van der Waals surface area contributed by atoms with Gasteiger partial charge in [-0.25, -0.2) is 0 Å². The van der Waals surface area contributed by atoms with Crippen LogP contribution in [0.3, 0.4) is 0 Å². The Morgan fingerprint density at radius 3 is 2.93 bits per heavy atom. The number of hydrogen-bond acceptors (Lipinski definition) is 6. The van der Waals surface area contributed by atoms with Crippen molar-refractivity contribution in [2.24, 2.45) is 5.92 Å². The molecule has 0 aliphatic heterocycles. The third kappa shape index (κ3) is 4.88. The maximum atomic E-state index is 13.1. The van der Waals surface area contributed by atoms with Crippen molar-refractivity contribution < 1.29 is 9.53 Å². The summed E-state index contributed by atoms with van der Waals surface area (Å²) in [5.74, 6) is 0.0741. The molecule has 0 aliphatic carbocycles. The summed E-state index contributed by atoms with van der Waals surface area (Å²) in [7, 11) is 1.68. The second-order valence-corrected chi connectivity index (χ2v) is 7.91. The van der Waals surface area contributed by atoms with Crippen LogP contribution in [0.15, 0.2) is 48.0 Å². The molecule has 7 nitrogen and oxygen atoms in total. The Bertz CT molecular complexity index is 922. The van der Waals surface area contributed by atoms with Crippen LogP contribution in [-0.4, -0.2) is 44.6 Å². The monoisotopic (exact) mass is 399 g/mol. The van der Waals surface area contributed by atoms with Crippen molar-refractivity contribution >= 4 is 34.3 Å². The second-order valence-electron chi connectivity index (χ2n) is 6.80. The normalized spacial score (nSPS) is 12.4. The molecule has 0 saturated heterocycles. The number of methoxy groups -OCH3 is 1. The van der Waals surface area contributed by atoms with Crippen LogP contribution in [0.25, 0.3) is 10.9 Å². The van der Waals surface area contributed by atoms with Crippen LogP contribution in [0.5, 0.6) is 0 Å². The number of fused-ring (bicyclic) bond motifs is 1. The Balaban J connectivity index is 1.75. The van der Waals surface area contributed by atoms with E-state index in [0.29, 0.717) is 6.61 Å². The molecule has 0 aliphatic rings. The van der Waals surface area contributed by atoms with Crippen LogP contribution < -0.4 is 5.32 Å². The number of nitrogens with one attached hydrogen (secondary N) is 1. The number of thioether (sulfide) groups is 1. The first-order chi connectivity index (χ1) is 13.6. The largest absolute Gasteiger partial charge is 0.385 e. The number of carbonyl (C=O) groups excluding carboxylic acids is 1. The van der Waals surface area contributed by atoms with Crippen molar-refractivity contribution in [3.8, 4) is 0 Å². The molecule has 1 N–H and O–H groups in total. The zero-order chi connectivity index (χ0) is 19.9. The Hall–Kier alpha value is -2.45. The molecule has 148 valence electrons. The van der Waals surface area contributed by atoms with Gasteiger partial charge in [0.25, 0.3) is 0 Å². The van der Waals surface area contributed by atoms with E-state index in [2.05, 4.69) is 20.5 Å². The topological polar surface area (TPSA) is 81.9 Å². The minimum absolute atomic E-state index is 0.0530. The first kappa shape index (κ1) is 20.3. The van der Waals surface area contributed by atoms with E-state index >= 15 is 0 Å². The SMILES string of the molecule is COCCCn1cnnc1SC(C(=O)Nc1cccc2ncccc12)C(C)C. The highest BCUT2D eigenvalue weighted by molar-refractivity contribution is 8.00. The zero-order valence-corrected chi connectivity index (χ0v) is 17.1. The van der Waals surface area contributed by atoms with Crippen molar-refractivity contribution in [3.05, 3.63) is 42.9 Å². The molecule has 3 rings (SSSR count). The van der Waals surface area contributed by atoms with E-state index in [4.69, 9.17) is 4.74 Å². The fraction of sp³-hybridized carbons (Fsp3) is 0.400. The summed E-state index contributed by atoms with van der Waals surface area (Å²) in [5.41, 5.74) is 1.62. The third-order valence-corrected chi connectivity index (χ3v) is 5.87. The number of ether oxygens (including phenoxy) is 1.